The molecule has 0 unspecified atom stereocenters. The number of nitrogens with zero attached hydrogens (tertiary/aromatic N) is 1. The van der Waals surface area contributed by atoms with E-state index in [0.29, 0.717) is 29.2 Å². The number of carbonyl (C=O) groups is 1. The van der Waals surface area contributed by atoms with Crippen LogP contribution in [0.15, 0.2) is 46.9 Å². The molecule has 1 aliphatic heterocycles. The van der Waals surface area contributed by atoms with E-state index in [2.05, 4.69) is 0 Å². The molecule has 1 aliphatic carbocycles. The molecule has 32 heavy (non-hydrogen) atoms. The smallest absolute Gasteiger partial charge is 0.253 e. The van der Waals surface area contributed by atoms with Gasteiger partial charge in [0.25, 0.3) is 11.8 Å². The third-order valence-corrected chi connectivity index (χ3v) is 6.43. The second-order valence-corrected chi connectivity index (χ2v) is 8.71. The van der Waals surface area contributed by atoms with Crippen molar-refractivity contribution in [3.63, 3.8) is 0 Å². The Labute approximate surface area is 185 Å². The number of halogens is 2. The van der Waals surface area contributed by atoms with E-state index in [1.165, 1.54) is 11.3 Å². The molecule has 1 saturated carbocycles. The highest BCUT2D eigenvalue weighted by Crippen LogP contribution is 2.37. The van der Waals surface area contributed by atoms with E-state index < -0.39 is 5.92 Å². The van der Waals surface area contributed by atoms with Gasteiger partial charge < -0.3 is 19.8 Å². The first kappa shape index (κ1) is 20.9. The lowest BCUT2D eigenvalue weighted by Gasteiger charge is -2.31. The molecule has 0 atom stereocenters. The average Bonchev–Trinajstić information content (AvgIpc) is 3.19. The number of hydrogen-bond donors (Lipinski definition) is 1. The van der Waals surface area contributed by atoms with E-state index in [1.807, 2.05) is 30.3 Å². The lowest BCUT2D eigenvalue weighted by molar-refractivity contribution is -0.0494. The number of hydrogen-bond acceptors (Lipinski definition) is 4. The number of nitrogens with two attached hydrogens (primary N) is 1. The molecule has 3 aromatic rings. The predicted molar refractivity (Wildman–Crippen MR) is 118 cm³/mol. The summed E-state index contributed by atoms with van der Waals surface area (Å²) >= 11 is 0. The summed E-state index contributed by atoms with van der Waals surface area (Å²) in [6.07, 6.45) is 2.89. The summed E-state index contributed by atoms with van der Waals surface area (Å²) in [5, 5.41) is 0.923. The van der Waals surface area contributed by atoms with Gasteiger partial charge in [-0.1, -0.05) is 12.1 Å². The van der Waals surface area contributed by atoms with Crippen LogP contribution in [0.1, 0.15) is 48.2 Å². The van der Waals surface area contributed by atoms with Crippen molar-refractivity contribution in [3.8, 4) is 16.9 Å². The summed E-state index contributed by atoms with van der Waals surface area (Å²) in [5.41, 5.74) is 8.85. The first-order valence-electron chi connectivity index (χ1n) is 11.1. The van der Waals surface area contributed by atoms with Gasteiger partial charge >= 0.3 is 0 Å². The third kappa shape index (κ3) is 4.09. The Kier molecular flexibility index (Phi) is 5.37. The maximum Gasteiger partial charge on any atom is 0.253 e. The van der Waals surface area contributed by atoms with Crippen LogP contribution in [-0.4, -0.2) is 35.9 Å². The standard InChI is InChI=1S/C25H26F2N2O3/c26-25(27)8-10-29(11-9-25)24(30)17-6-4-16(5-7-17)18-12-19-13-21(15-28)32-23(19)22(14-18)31-20-2-1-3-20/h4-7,12-14,20H,1-3,8-11,15,28H2. The Morgan fingerprint density at radius 2 is 1.81 bits per heavy atom. The van der Waals surface area contributed by atoms with Gasteiger partial charge in [0.1, 0.15) is 5.76 Å². The fourth-order valence-corrected chi connectivity index (χ4v) is 4.22. The molecule has 2 N–H and O–H groups in total. The van der Waals surface area contributed by atoms with Gasteiger partial charge in [0.2, 0.25) is 0 Å². The number of likely N-dealkylation sites (tertiary alicyclic amines) is 1. The van der Waals surface area contributed by atoms with Gasteiger partial charge in [-0.05, 0) is 60.7 Å². The number of ether oxygens (including phenoxy) is 1. The molecule has 0 bridgehead atoms. The second-order valence-electron chi connectivity index (χ2n) is 8.71. The topological polar surface area (TPSA) is 68.7 Å². The normalized spacial score (nSPS) is 18.5. The predicted octanol–water partition coefficient (Wildman–Crippen LogP) is 5.36. The van der Waals surface area contributed by atoms with E-state index in [-0.39, 0.29) is 37.9 Å². The van der Waals surface area contributed by atoms with Crippen molar-refractivity contribution in [2.45, 2.75) is 50.7 Å². The molecule has 1 aromatic heterocycles. The van der Waals surface area contributed by atoms with Crippen molar-refractivity contribution in [2.24, 2.45) is 5.73 Å². The van der Waals surface area contributed by atoms with Gasteiger partial charge in [-0.25, -0.2) is 8.78 Å². The largest absolute Gasteiger partial charge is 0.486 e. The quantitative estimate of drug-likeness (QED) is 0.580. The highest BCUT2D eigenvalue weighted by molar-refractivity contribution is 5.95. The van der Waals surface area contributed by atoms with Crippen LogP contribution < -0.4 is 10.5 Å². The SMILES string of the molecule is NCc1cc2cc(-c3ccc(C(=O)N4CCC(F)(F)CC4)cc3)cc(OC3CCC3)c2o1. The molecule has 5 rings (SSSR count). The number of alkyl halides is 2. The summed E-state index contributed by atoms with van der Waals surface area (Å²) < 4.78 is 38.9. The van der Waals surface area contributed by atoms with Crippen LogP contribution >= 0.6 is 0 Å². The number of rotatable bonds is 5. The van der Waals surface area contributed by atoms with Crippen molar-refractivity contribution in [1.29, 1.82) is 0 Å². The highest BCUT2D eigenvalue weighted by Gasteiger charge is 2.35. The van der Waals surface area contributed by atoms with Gasteiger partial charge in [-0.15, -0.1) is 0 Å². The zero-order valence-electron chi connectivity index (χ0n) is 17.8. The van der Waals surface area contributed by atoms with E-state index in [9.17, 15) is 13.6 Å². The maximum atomic E-state index is 13.4. The number of piperidine rings is 1. The van der Waals surface area contributed by atoms with E-state index in [4.69, 9.17) is 14.9 Å². The minimum Gasteiger partial charge on any atom is -0.486 e. The van der Waals surface area contributed by atoms with Crippen LogP contribution in [-0.2, 0) is 6.54 Å². The fraction of sp³-hybridized carbons (Fsp3) is 0.400. The lowest BCUT2D eigenvalue weighted by atomic mass is 9.96. The van der Waals surface area contributed by atoms with Gasteiger partial charge in [-0.2, -0.15) is 0 Å². The van der Waals surface area contributed by atoms with E-state index in [0.717, 1.165) is 29.4 Å². The van der Waals surface area contributed by atoms with Gasteiger partial charge in [-0.3, -0.25) is 4.79 Å². The number of benzene rings is 2. The Morgan fingerprint density at radius 3 is 2.44 bits per heavy atom. The summed E-state index contributed by atoms with van der Waals surface area (Å²) in [6.45, 7) is 0.471. The molecule has 2 aliphatic rings. The second kappa shape index (κ2) is 8.20. The van der Waals surface area contributed by atoms with Gasteiger partial charge in [0, 0.05) is 36.9 Å². The average molecular weight is 440 g/mol. The van der Waals surface area contributed by atoms with Crippen LogP contribution in [0, 0.1) is 0 Å². The molecule has 1 amide bonds. The molecular weight excluding hydrogens is 414 g/mol. The molecule has 1 saturated heterocycles. The van der Waals surface area contributed by atoms with Crippen molar-refractivity contribution in [1.82, 2.24) is 4.90 Å². The summed E-state index contributed by atoms with van der Waals surface area (Å²) in [7, 11) is 0. The zero-order valence-corrected chi connectivity index (χ0v) is 17.8. The Bertz CT molecular complexity index is 1130. The molecule has 168 valence electrons. The Balaban J connectivity index is 1.40. The zero-order chi connectivity index (χ0) is 22.3. The van der Waals surface area contributed by atoms with Crippen molar-refractivity contribution in [3.05, 3.63) is 53.8 Å². The molecule has 0 radical (unpaired) electrons. The fourth-order valence-electron chi connectivity index (χ4n) is 4.22. The van der Waals surface area contributed by atoms with Crippen LogP contribution in [0.5, 0.6) is 5.75 Å². The minimum absolute atomic E-state index is 0.0794. The Morgan fingerprint density at radius 1 is 1.09 bits per heavy atom. The summed E-state index contributed by atoms with van der Waals surface area (Å²) in [4.78, 5) is 14.2. The van der Waals surface area contributed by atoms with E-state index in [1.54, 1.807) is 12.1 Å². The first-order chi connectivity index (χ1) is 15.4. The molecule has 0 spiro atoms. The number of fused-ring (bicyclic) bond motifs is 1. The van der Waals surface area contributed by atoms with E-state index >= 15 is 0 Å². The maximum absolute atomic E-state index is 13.4. The summed E-state index contributed by atoms with van der Waals surface area (Å²) in [6, 6.07) is 13.2. The monoisotopic (exact) mass is 440 g/mol. The summed E-state index contributed by atoms with van der Waals surface area (Å²) in [5.74, 6) is -1.48. The van der Waals surface area contributed by atoms with Crippen LogP contribution in [0.2, 0.25) is 0 Å². The molecule has 2 aromatic carbocycles. The highest BCUT2D eigenvalue weighted by atomic mass is 19.3. The number of amides is 1. The number of carbonyl (C=O) groups excluding carboxylic acids is 1. The van der Waals surface area contributed by atoms with Gasteiger partial charge in [0.05, 0.1) is 12.6 Å². The minimum atomic E-state index is -2.67. The Hall–Kier alpha value is -2.93. The van der Waals surface area contributed by atoms with Crippen LogP contribution in [0.4, 0.5) is 8.78 Å². The van der Waals surface area contributed by atoms with Crippen LogP contribution in [0.25, 0.3) is 22.1 Å². The van der Waals surface area contributed by atoms with Crippen molar-refractivity contribution in [2.75, 3.05) is 13.1 Å². The molecule has 5 nitrogen and oxygen atoms in total. The molecule has 2 fully saturated rings. The van der Waals surface area contributed by atoms with Crippen molar-refractivity contribution >= 4 is 16.9 Å². The lowest BCUT2D eigenvalue weighted by Crippen LogP contribution is -2.42. The third-order valence-electron chi connectivity index (χ3n) is 6.43. The molecule has 7 heteroatoms. The molecular formula is C25H26F2N2O3. The first-order valence-corrected chi connectivity index (χ1v) is 11.1. The van der Waals surface area contributed by atoms with Crippen LogP contribution in [0.3, 0.4) is 0 Å². The molecule has 2 heterocycles. The van der Waals surface area contributed by atoms with Crippen molar-refractivity contribution < 1.29 is 22.7 Å². The number of furan rings is 1. The van der Waals surface area contributed by atoms with Gasteiger partial charge in [0.15, 0.2) is 11.3 Å².